The van der Waals surface area contributed by atoms with Gasteiger partial charge in [0.05, 0.1) is 24.4 Å². The second-order valence-corrected chi connectivity index (χ2v) is 10.8. The van der Waals surface area contributed by atoms with Gasteiger partial charge in [-0.25, -0.2) is 0 Å². The van der Waals surface area contributed by atoms with Crippen LogP contribution in [0.3, 0.4) is 0 Å². The third kappa shape index (κ3) is 5.85. The topological polar surface area (TPSA) is 88.2 Å². The minimum absolute atomic E-state index is 0.0103. The van der Waals surface area contributed by atoms with Crippen LogP contribution in [-0.4, -0.2) is 40.9 Å². The summed E-state index contributed by atoms with van der Waals surface area (Å²) in [7, 11) is 0. The Morgan fingerprint density at radius 1 is 0.973 bits per heavy atom. The van der Waals surface area contributed by atoms with E-state index in [1.807, 2.05) is 72.8 Å². The zero-order chi connectivity index (χ0) is 26.0. The van der Waals surface area contributed by atoms with E-state index in [1.54, 1.807) is 0 Å². The maximum absolute atomic E-state index is 11.3. The fraction of sp³-hybridized carbons (Fsp3) is 0.400. The number of anilines is 1. The van der Waals surface area contributed by atoms with Crippen molar-refractivity contribution in [2.45, 2.75) is 50.5 Å². The van der Waals surface area contributed by atoms with Crippen molar-refractivity contribution in [3.8, 4) is 0 Å². The van der Waals surface area contributed by atoms with Gasteiger partial charge < -0.3 is 30.3 Å². The van der Waals surface area contributed by atoms with Gasteiger partial charge in [0, 0.05) is 41.8 Å². The molecular weight excluding hydrogens is 488 g/mol. The fourth-order valence-electron chi connectivity index (χ4n) is 5.44. The van der Waals surface area contributed by atoms with Crippen LogP contribution in [0.2, 0.25) is 5.02 Å². The van der Waals surface area contributed by atoms with Gasteiger partial charge in [-0.05, 0) is 53.8 Å². The average Bonchev–Trinajstić information content (AvgIpc) is 2.91. The van der Waals surface area contributed by atoms with Crippen molar-refractivity contribution in [3.63, 3.8) is 0 Å². The molecule has 196 valence electrons. The van der Waals surface area contributed by atoms with Gasteiger partial charge in [0.15, 0.2) is 6.29 Å². The van der Waals surface area contributed by atoms with Crippen LogP contribution in [0.5, 0.6) is 0 Å². The maximum Gasteiger partial charge on any atom is 0.185 e. The van der Waals surface area contributed by atoms with Crippen molar-refractivity contribution in [2.24, 2.45) is 5.92 Å². The summed E-state index contributed by atoms with van der Waals surface area (Å²) in [6.07, 6.45) is 0.509. The first kappa shape index (κ1) is 26.2. The lowest BCUT2D eigenvalue weighted by Gasteiger charge is -2.45. The first-order valence-electron chi connectivity index (χ1n) is 12.9. The molecule has 2 heterocycles. The van der Waals surface area contributed by atoms with Crippen molar-refractivity contribution in [2.75, 3.05) is 25.4 Å². The van der Waals surface area contributed by atoms with Crippen molar-refractivity contribution < 1.29 is 19.7 Å². The van der Waals surface area contributed by atoms with Crippen LogP contribution in [0.25, 0.3) is 0 Å². The highest BCUT2D eigenvalue weighted by atomic mass is 35.5. The molecule has 0 bridgehead atoms. The van der Waals surface area contributed by atoms with Gasteiger partial charge >= 0.3 is 0 Å². The molecule has 1 unspecified atom stereocenters. The van der Waals surface area contributed by atoms with Crippen LogP contribution in [0.15, 0.2) is 72.8 Å². The number of rotatable bonds is 6. The highest BCUT2D eigenvalue weighted by Crippen LogP contribution is 2.42. The predicted octanol–water partition coefficient (Wildman–Crippen LogP) is 5.19. The van der Waals surface area contributed by atoms with Gasteiger partial charge in [-0.3, -0.25) is 0 Å². The molecule has 0 saturated carbocycles. The van der Waals surface area contributed by atoms with Crippen LogP contribution in [-0.2, 0) is 21.7 Å². The largest absolute Gasteiger partial charge is 0.399 e. The van der Waals surface area contributed by atoms with Crippen LogP contribution in [0.1, 0.15) is 54.4 Å². The molecule has 2 aliphatic heterocycles. The van der Waals surface area contributed by atoms with Gasteiger partial charge in [0.1, 0.15) is 0 Å². The van der Waals surface area contributed by atoms with E-state index in [4.69, 9.17) is 26.8 Å². The molecule has 0 radical (unpaired) electrons. The number of aliphatic hydroxyl groups is 2. The van der Waals surface area contributed by atoms with E-state index in [2.05, 4.69) is 11.8 Å². The SMILES string of the molecule is C[C@H]1[C@@H](CN2CCC(O)(c3ccc(Cl)cc3)CC2)OC(c2cccc(N)c2)O[C@H]1c1ccc(CO)cc1. The zero-order valence-electron chi connectivity index (χ0n) is 21.1. The molecule has 5 rings (SSSR count). The van der Waals surface area contributed by atoms with Crippen LogP contribution < -0.4 is 5.73 Å². The van der Waals surface area contributed by atoms with E-state index in [1.165, 1.54) is 0 Å². The summed E-state index contributed by atoms with van der Waals surface area (Å²) in [5, 5.41) is 21.4. The van der Waals surface area contributed by atoms with Crippen LogP contribution in [0.4, 0.5) is 5.69 Å². The average molecular weight is 523 g/mol. The molecule has 3 aromatic carbocycles. The molecule has 2 fully saturated rings. The third-order valence-electron chi connectivity index (χ3n) is 7.81. The number of halogens is 1. The van der Waals surface area contributed by atoms with Gasteiger partial charge in [0.2, 0.25) is 0 Å². The molecule has 2 aliphatic rings. The number of hydrogen-bond acceptors (Lipinski definition) is 6. The Morgan fingerprint density at radius 3 is 2.32 bits per heavy atom. The lowest BCUT2D eigenvalue weighted by atomic mass is 9.84. The number of nitrogen functional groups attached to an aromatic ring is 1. The third-order valence-corrected chi connectivity index (χ3v) is 8.06. The van der Waals surface area contributed by atoms with E-state index in [-0.39, 0.29) is 24.7 Å². The summed E-state index contributed by atoms with van der Waals surface area (Å²) in [5.74, 6) is 0.0920. The van der Waals surface area contributed by atoms with Crippen molar-refractivity contribution in [1.82, 2.24) is 4.90 Å². The normalized spacial score (nSPS) is 26.2. The van der Waals surface area contributed by atoms with E-state index >= 15 is 0 Å². The highest BCUT2D eigenvalue weighted by Gasteiger charge is 2.41. The Kier molecular flexibility index (Phi) is 7.86. The second kappa shape index (κ2) is 11.1. The van der Waals surface area contributed by atoms with Gasteiger partial charge in [-0.15, -0.1) is 0 Å². The molecule has 0 spiro atoms. The number of hydrogen-bond donors (Lipinski definition) is 3. The molecule has 7 heteroatoms. The van der Waals surface area contributed by atoms with Gasteiger partial charge in [-0.1, -0.05) is 67.1 Å². The molecule has 37 heavy (non-hydrogen) atoms. The minimum atomic E-state index is -0.843. The number of benzene rings is 3. The number of nitrogens with two attached hydrogens (primary N) is 1. The first-order valence-corrected chi connectivity index (χ1v) is 13.3. The Labute approximate surface area is 223 Å². The Balaban J connectivity index is 1.33. The molecule has 4 N–H and O–H groups in total. The molecule has 0 amide bonds. The lowest BCUT2D eigenvalue weighted by molar-refractivity contribution is -0.277. The van der Waals surface area contributed by atoms with Gasteiger partial charge in [-0.2, -0.15) is 0 Å². The van der Waals surface area contributed by atoms with Crippen molar-refractivity contribution in [3.05, 3.63) is 100 Å². The smallest absolute Gasteiger partial charge is 0.185 e. The minimum Gasteiger partial charge on any atom is -0.399 e. The zero-order valence-corrected chi connectivity index (χ0v) is 21.8. The molecule has 4 atom stereocenters. The molecule has 2 saturated heterocycles. The lowest BCUT2D eigenvalue weighted by Crippen LogP contribution is -2.49. The highest BCUT2D eigenvalue weighted by molar-refractivity contribution is 6.30. The standard InChI is InChI=1S/C30H35ClN2O4/c1-20-27(18-33-15-13-30(35,14-16-33)24-9-11-25(31)12-10-24)36-29(23-3-2-4-26(32)17-23)37-28(20)22-7-5-21(19-34)6-8-22/h2-12,17,20,27-29,34-35H,13-16,18-19,32H2,1H3/t20-,27+,28+,29?/m0/s1. The van der Waals surface area contributed by atoms with Crippen molar-refractivity contribution in [1.29, 1.82) is 0 Å². The fourth-order valence-corrected chi connectivity index (χ4v) is 5.57. The summed E-state index contributed by atoms with van der Waals surface area (Å²) in [6.45, 7) is 4.46. The Bertz CT molecular complexity index is 1180. The summed E-state index contributed by atoms with van der Waals surface area (Å²) < 4.78 is 13.1. The summed E-state index contributed by atoms with van der Waals surface area (Å²) >= 11 is 6.05. The number of aliphatic hydroxyl groups excluding tert-OH is 1. The van der Waals surface area contributed by atoms with E-state index in [9.17, 15) is 10.2 Å². The van der Waals surface area contributed by atoms with Gasteiger partial charge in [0.25, 0.3) is 0 Å². The van der Waals surface area contributed by atoms with E-state index in [0.29, 0.717) is 23.6 Å². The summed E-state index contributed by atoms with van der Waals surface area (Å²) in [6, 6.07) is 23.1. The monoisotopic (exact) mass is 522 g/mol. The molecule has 0 aliphatic carbocycles. The molecule has 3 aromatic rings. The van der Waals surface area contributed by atoms with Crippen LogP contribution >= 0.6 is 11.6 Å². The Hall–Kier alpha value is -2.45. The number of ether oxygens (including phenoxy) is 2. The quantitative estimate of drug-likeness (QED) is 0.386. The number of likely N-dealkylation sites (tertiary alicyclic amines) is 1. The summed E-state index contributed by atoms with van der Waals surface area (Å²) in [4.78, 5) is 2.37. The summed E-state index contributed by atoms with van der Waals surface area (Å²) in [5.41, 5.74) is 9.62. The maximum atomic E-state index is 11.3. The van der Waals surface area contributed by atoms with Crippen molar-refractivity contribution >= 4 is 17.3 Å². The van der Waals surface area contributed by atoms with E-state index in [0.717, 1.165) is 41.9 Å². The molecule has 6 nitrogen and oxygen atoms in total. The molecular formula is C30H35ClN2O4. The number of piperidine rings is 1. The number of nitrogens with zero attached hydrogens (tertiary/aromatic N) is 1. The Morgan fingerprint density at radius 2 is 1.68 bits per heavy atom. The van der Waals surface area contributed by atoms with E-state index < -0.39 is 11.9 Å². The predicted molar refractivity (Wildman–Crippen MR) is 145 cm³/mol. The molecule has 0 aromatic heterocycles. The van der Waals surface area contributed by atoms with Crippen LogP contribution in [0, 0.1) is 5.92 Å². The second-order valence-electron chi connectivity index (χ2n) is 10.3. The first-order chi connectivity index (χ1) is 17.8.